The molecule has 164 valence electrons. The maximum absolute atomic E-state index is 13.5. The van der Waals surface area contributed by atoms with Crippen molar-refractivity contribution in [2.75, 3.05) is 6.54 Å². The fourth-order valence-corrected chi connectivity index (χ4v) is 5.17. The van der Waals surface area contributed by atoms with Crippen LogP contribution in [0.25, 0.3) is 27.6 Å². The van der Waals surface area contributed by atoms with Crippen molar-refractivity contribution >= 4 is 56.1 Å². The average Bonchev–Trinajstić information content (AvgIpc) is 3.09. The number of rotatable bonds is 4. The molecule has 0 bridgehead atoms. The molecule has 0 aliphatic carbocycles. The van der Waals surface area contributed by atoms with Gasteiger partial charge >= 0.3 is 0 Å². The molecular formula is C29H26N2OS. The molecule has 4 aromatic rings. The molecule has 0 aromatic heterocycles. The van der Waals surface area contributed by atoms with Crippen molar-refractivity contribution in [2.24, 2.45) is 10.9 Å². The van der Waals surface area contributed by atoms with Gasteiger partial charge in [0.25, 0.3) is 5.91 Å². The first-order chi connectivity index (χ1) is 16.0. The number of amidine groups is 1. The summed E-state index contributed by atoms with van der Waals surface area (Å²) in [6, 6.07) is 27.0. The lowest BCUT2D eigenvalue weighted by Crippen LogP contribution is -2.32. The third-order valence-electron chi connectivity index (χ3n) is 5.78. The highest BCUT2D eigenvalue weighted by atomic mass is 32.2. The first-order valence-corrected chi connectivity index (χ1v) is 12.1. The number of aliphatic imine (C=N–C) groups is 1. The standard InChI is InChI=1S/C29H26N2OS/c1-19(2)18-31-28(32)27(33-29(31)30-23-14-12-20(3)13-15-23)17-26-24-10-6-4-8-21(24)16-22-9-5-7-11-25(22)26/h4-17,19H,18H2,1-3H3/b27-17+,30-29?. The van der Waals surface area contributed by atoms with Gasteiger partial charge < -0.3 is 0 Å². The zero-order chi connectivity index (χ0) is 22.9. The monoisotopic (exact) mass is 450 g/mol. The van der Waals surface area contributed by atoms with Gasteiger partial charge in [0.2, 0.25) is 0 Å². The minimum Gasteiger partial charge on any atom is -0.286 e. The SMILES string of the molecule is Cc1ccc(N=C2S/C(=C/c3c4ccccc4cc4ccccc34)C(=O)N2CC(C)C)cc1. The predicted octanol–water partition coefficient (Wildman–Crippen LogP) is 7.56. The van der Waals surface area contributed by atoms with Gasteiger partial charge in [-0.25, -0.2) is 4.99 Å². The van der Waals surface area contributed by atoms with Crippen LogP contribution in [0.4, 0.5) is 5.69 Å². The number of amides is 1. The van der Waals surface area contributed by atoms with Gasteiger partial charge in [-0.3, -0.25) is 9.69 Å². The Morgan fingerprint density at radius 3 is 2.12 bits per heavy atom. The summed E-state index contributed by atoms with van der Waals surface area (Å²) in [5.74, 6) is 0.368. The summed E-state index contributed by atoms with van der Waals surface area (Å²) >= 11 is 1.47. The van der Waals surface area contributed by atoms with E-state index in [4.69, 9.17) is 4.99 Å². The number of nitrogens with zero attached hydrogens (tertiary/aromatic N) is 2. The van der Waals surface area contributed by atoms with E-state index in [0.29, 0.717) is 17.4 Å². The molecule has 1 heterocycles. The number of fused-ring (bicyclic) bond motifs is 2. The van der Waals surface area contributed by atoms with Crippen LogP contribution in [0, 0.1) is 12.8 Å². The Hall–Kier alpha value is -3.37. The Bertz CT molecular complexity index is 1360. The van der Waals surface area contributed by atoms with Crippen molar-refractivity contribution in [1.29, 1.82) is 0 Å². The minimum absolute atomic E-state index is 0.0246. The molecule has 0 saturated carbocycles. The molecule has 1 fully saturated rings. The van der Waals surface area contributed by atoms with E-state index >= 15 is 0 Å². The Labute approximate surface area is 198 Å². The quantitative estimate of drug-likeness (QED) is 0.237. The molecule has 5 rings (SSSR count). The Balaban J connectivity index is 1.64. The van der Waals surface area contributed by atoms with Gasteiger partial charge in [0.1, 0.15) is 0 Å². The summed E-state index contributed by atoms with van der Waals surface area (Å²) in [5.41, 5.74) is 3.14. The van der Waals surface area contributed by atoms with Crippen LogP contribution in [-0.2, 0) is 4.79 Å². The maximum Gasteiger partial charge on any atom is 0.266 e. The molecule has 1 amide bonds. The van der Waals surface area contributed by atoms with Crippen LogP contribution in [0.2, 0.25) is 0 Å². The van der Waals surface area contributed by atoms with E-state index in [-0.39, 0.29) is 5.91 Å². The number of hydrogen-bond acceptors (Lipinski definition) is 3. The zero-order valence-corrected chi connectivity index (χ0v) is 19.9. The van der Waals surface area contributed by atoms with Gasteiger partial charge in [0.05, 0.1) is 10.6 Å². The molecule has 1 aliphatic rings. The van der Waals surface area contributed by atoms with E-state index < -0.39 is 0 Å². The van der Waals surface area contributed by atoms with Gasteiger partial charge in [-0.15, -0.1) is 0 Å². The molecule has 33 heavy (non-hydrogen) atoms. The Kier molecular flexibility index (Phi) is 5.77. The van der Waals surface area contributed by atoms with Crippen molar-refractivity contribution in [2.45, 2.75) is 20.8 Å². The molecule has 4 aromatic carbocycles. The van der Waals surface area contributed by atoms with Crippen molar-refractivity contribution in [3.8, 4) is 0 Å². The number of benzene rings is 4. The smallest absolute Gasteiger partial charge is 0.266 e. The number of aryl methyl sites for hydroxylation is 1. The second kappa shape index (κ2) is 8.87. The van der Waals surface area contributed by atoms with Crippen molar-refractivity contribution in [3.05, 3.63) is 94.9 Å². The van der Waals surface area contributed by atoms with Crippen molar-refractivity contribution in [3.63, 3.8) is 0 Å². The normalized spacial score (nSPS) is 16.7. The highest BCUT2D eigenvalue weighted by molar-refractivity contribution is 8.18. The average molecular weight is 451 g/mol. The van der Waals surface area contributed by atoms with Crippen LogP contribution in [0.1, 0.15) is 25.0 Å². The van der Waals surface area contributed by atoms with E-state index in [9.17, 15) is 4.79 Å². The number of thioether (sulfide) groups is 1. The maximum atomic E-state index is 13.5. The molecule has 0 N–H and O–H groups in total. The summed E-state index contributed by atoms with van der Waals surface area (Å²) in [5, 5.41) is 5.39. The first-order valence-electron chi connectivity index (χ1n) is 11.3. The second-order valence-electron chi connectivity index (χ2n) is 8.88. The molecule has 1 aliphatic heterocycles. The number of hydrogen-bond donors (Lipinski definition) is 0. The van der Waals surface area contributed by atoms with Crippen LogP contribution in [0.5, 0.6) is 0 Å². The number of carbonyl (C=O) groups is 1. The van der Waals surface area contributed by atoms with Crippen LogP contribution in [0.3, 0.4) is 0 Å². The van der Waals surface area contributed by atoms with Gasteiger partial charge in [-0.1, -0.05) is 80.1 Å². The lowest BCUT2D eigenvalue weighted by atomic mass is 9.96. The van der Waals surface area contributed by atoms with E-state index in [1.807, 2.05) is 29.2 Å². The van der Waals surface area contributed by atoms with Gasteiger partial charge in [-0.05, 0) is 76.0 Å². The van der Waals surface area contributed by atoms with Gasteiger partial charge in [0.15, 0.2) is 5.17 Å². The molecule has 0 radical (unpaired) electrons. The lowest BCUT2D eigenvalue weighted by molar-refractivity contribution is -0.122. The van der Waals surface area contributed by atoms with Crippen molar-refractivity contribution in [1.82, 2.24) is 4.90 Å². The molecule has 3 nitrogen and oxygen atoms in total. The van der Waals surface area contributed by atoms with Gasteiger partial charge in [0, 0.05) is 6.54 Å². The van der Waals surface area contributed by atoms with E-state index in [1.165, 1.54) is 28.1 Å². The molecule has 0 atom stereocenters. The van der Waals surface area contributed by atoms with Gasteiger partial charge in [-0.2, -0.15) is 0 Å². The third-order valence-corrected chi connectivity index (χ3v) is 6.79. The summed E-state index contributed by atoms with van der Waals surface area (Å²) < 4.78 is 0. The fourth-order valence-electron chi connectivity index (χ4n) is 4.18. The summed E-state index contributed by atoms with van der Waals surface area (Å²) in [6.07, 6.45) is 2.06. The van der Waals surface area contributed by atoms with Crippen molar-refractivity contribution < 1.29 is 4.79 Å². The van der Waals surface area contributed by atoms with Crippen LogP contribution < -0.4 is 0 Å². The predicted molar refractivity (Wildman–Crippen MR) is 142 cm³/mol. The highest BCUT2D eigenvalue weighted by Gasteiger charge is 2.34. The molecule has 0 unspecified atom stereocenters. The highest BCUT2D eigenvalue weighted by Crippen LogP contribution is 2.37. The third kappa shape index (κ3) is 4.31. The molecule has 4 heteroatoms. The molecule has 1 saturated heterocycles. The largest absolute Gasteiger partial charge is 0.286 e. The van der Waals surface area contributed by atoms with E-state index in [0.717, 1.165) is 27.2 Å². The van der Waals surface area contributed by atoms with E-state index in [1.54, 1.807) is 0 Å². The summed E-state index contributed by atoms with van der Waals surface area (Å²) in [7, 11) is 0. The van der Waals surface area contributed by atoms with Crippen LogP contribution in [0.15, 0.2) is 88.8 Å². The van der Waals surface area contributed by atoms with Crippen LogP contribution >= 0.6 is 11.8 Å². The van der Waals surface area contributed by atoms with Crippen LogP contribution in [-0.4, -0.2) is 22.5 Å². The first kappa shape index (κ1) is 21.5. The lowest BCUT2D eigenvalue weighted by Gasteiger charge is -2.17. The second-order valence-corrected chi connectivity index (χ2v) is 9.89. The minimum atomic E-state index is 0.0246. The zero-order valence-electron chi connectivity index (χ0n) is 19.1. The number of carbonyl (C=O) groups excluding carboxylic acids is 1. The summed E-state index contributed by atoms with van der Waals surface area (Å²) in [4.78, 5) is 20.9. The Morgan fingerprint density at radius 1 is 0.909 bits per heavy atom. The molecular weight excluding hydrogens is 424 g/mol. The molecule has 0 spiro atoms. The van der Waals surface area contributed by atoms with E-state index in [2.05, 4.69) is 81.4 Å². The fraction of sp³-hybridized carbons (Fsp3) is 0.172. The summed E-state index contributed by atoms with van der Waals surface area (Å²) in [6.45, 7) is 6.96. The Morgan fingerprint density at radius 2 is 1.52 bits per heavy atom. The topological polar surface area (TPSA) is 32.7 Å².